The van der Waals surface area contributed by atoms with Crippen LogP contribution < -0.4 is 5.32 Å². The van der Waals surface area contributed by atoms with E-state index in [9.17, 15) is 4.79 Å². The molecule has 1 aliphatic carbocycles. The van der Waals surface area contributed by atoms with Crippen LogP contribution in [0.15, 0.2) is 12.2 Å². The Morgan fingerprint density at radius 1 is 1.29 bits per heavy atom. The highest BCUT2D eigenvalue weighted by Gasteiger charge is 2.34. The number of halogens is 3. The molecule has 0 bridgehead atoms. The quantitative estimate of drug-likeness (QED) is 0.578. The van der Waals surface area contributed by atoms with Crippen LogP contribution in [0, 0.1) is 11.3 Å². The van der Waals surface area contributed by atoms with Crippen LogP contribution in [0.1, 0.15) is 33.6 Å². The Morgan fingerprint density at radius 2 is 1.88 bits per heavy atom. The maximum atomic E-state index is 11.5. The van der Waals surface area contributed by atoms with Crippen LogP contribution in [0.5, 0.6) is 0 Å². The Kier molecular flexibility index (Phi) is 4.79. The minimum atomic E-state index is -1.89. The van der Waals surface area contributed by atoms with Gasteiger partial charge in [0, 0.05) is 6.04 Å². The van der Waals surface area contributed by atoms with E-state index in [4.69, 9.17) is 34.8 Å². The fourth-order valence-electron chi connectivity index (χ4n) is 1.95. The fourth-order valence-corrected chi connectivity index (χ4v) is 2.12. The molecule has 0 fully saturated rings. The van der Waals surface area contributed by atoms with Gasteiger partial charge in [0.2, 0.25) is 0 Å². The number of rotatable bonds is 1. The maximum absolute atomic E-state index is 11.5. The molecule has 0 heterocycles. The summed E-state index contributed by atoms with van der Waals surface area (Å²) in [6, 6.07) is -0.0453. The first-order valence-corrected chi connectivity index (χ1v) is 6.78. The molecular weight excluding hydrogens is 280 g/mol. The van der Waals surface area contributed by atoms with Gasteiger partial charge in [-0.3, -0.25) is 4.79 Å². The molecule has 0 saturated carbocycles. The molecule has 0 radical (unpaired) electrons. The van der Waals surface area contributed by atoms with Gasteiger partial charge in [-0.2, -0.15) is 0 Å². The largest absolute Gasteiger partial charge is 0.346 e. The molecular formula is C12H18Cl3NO. The SMILES string of the molecule is CC(C)(C)[C@@H]1CC=C[C@H](NC(=O)C(Cl)(Cl)Cl)C1. The Balaban J connectivity index is 2.61. The van der Waals surface area contributed by atoms with Gasteiger partial charge in [-0.25, -0.2) is 0 Å². The number of carbonyl (C=O) groups is 1. The number of nitrogens with one attached hydrogen (secondary N) is 1. The lowest BCUT2D eigenvalue weighted by atomic mass is 9.73. The summed E-state index contributed by atoms with van der Waals surface area (Å²) in [7, 11) is 0. The molecule has 0 aromatic carbocycles. The van der Waals surface area contributed by atoms with Crippen LogP contribution >= 0.6 is 34.8 Å². The van der Waals surface area contributed by atoms with E-state index in [1.54, 1.807) is 0 Å². The van der Waals surface area contributed by atoms with E-state index >= 15 is 0 Å². The summed E-state index contributed by atoms with van der Waals surface area (Å²) in [6.45, 7) is 6.60. The average Bonchev–Trinajstić information content (AvgIpc) is 2.15. The summed E-state index contributed by atoms with van der Waals surface area (Å²) in [5.74, 6) is -0.0418. The third kappa shape index (κ3) is 4.69. The van der Waals surface area contributed by atoms with Crippen molar-refractivity contribution in [2.75, 3.05) is 0 Å². The van der Waals surface area contributed by atoms with Gasteiger partial charge >= 0.3 is 0 Å². The van der Waals surface area contributed by atoms with Gasteiger partial charge in [-0.05, 0) is 24.2 Å². The van der Waals surface area contributed by atoms with E-state index in [2.05, 4.69) is 32.2 Å². The predicted octanol–water partition coefficient (Wildman–Crippen LogP) is 3.85. The lowest BCUT2D eigenvalue weighted by molar-refractivity contribution is -0.120. The van der Waals surface area contributed by atoms with Gasteiger partial charge in [0.1, 0.15) is 0 Å². The van der Waals surface area contributed by atoms with E-state index in [-0.39, 0.29) is 11.5 Å². The van der Waals surface area contributed by atoms with Gasteiger partial charge in [0.15, 0.2) is 0 Å². The van der Waals surface area contributed by atoms with Crippen molar-refractivity contribution in [2.24, 2.45) is 11.3 Å². The van der Waals surface area contributed by atoms with Crippen molar-refractivity contribution < 1.29 is 4.79 Å². The van der Waals surface area contributed by atoms with Crippen molar-refractivity contribution in [3.63, 3.8) is 0 Å². The van der Waals surface area contributed by atoms with Crippen LogP contribution in [0.2, 0.25) is 0 Å². The van der Waals surface area contributed by atoms with Crippen molar-refractivity contribution in [3.8, 4) is 0 Å². The molecule has 2 nitrogen and oxygen atoms in total. The number of alkyl halides is 3. The molecule has 98 valence electrons. The average molecular weight is 299 g/mol. The minimum absolute atomic E-state index is 0.0453. The molecule has 0 unspecified atom stereocenters. The first kappa shape index (κ1) is 15.1. The second-order valence-corrected chi connectivity index (χ2v) is 7.82. The Labute approximate surface area is 118 Å². The highest BCUT2D eigenvalue weighted by atomic mass is 35.6. The van der Waals surface area contributed by atoms with Crippen LogP contribution in [0.3, 0.4) is 0 Å². The number of hydrogen-bond donors (Lipinski definition) is 1. The van der Waals surface area contributed by atoms with Crippen molar-refractivity contribution in [2.45, 2.75) is 43.4 Å². The highest BCUT2D eigenvalue weighted by molar-refractivity contribution is 6.76. The van der Waals surface area contributed by atoms with Gasteiger partial charge in [0.25, 0.3) is 9.70 Å². The normalized spacial score (nSPS) is 25.8. The highest BCUT2D eigenvalue weighted by Crippen LogP contribution is 2.35. The first-order chi connectivity index (χ1) is 7.60. The topological polar surface area (TPSA) is 29.1 Å². The fraction of sp³-hybridized carbons (Fsp3) is 0.750. The molecule has 2 atom stereocenters. The molecule has 17 heavy (non-hydrogen) atoms. The van der Waals surface area contributed by atoms with Gasteiger partial charge < -0.3 is 5.32 Å². The standard InChI is InChI=1S/C12H18Cl3NO/c1-11(2,3)8-5-4-6-9(7-8)16-10(17)12(13,14)15/h4,6,8-9H,5,7H2,1-3H3,(H,16,17)/t8-,9+/m1/s1. The summed E-state index contributed by atoms with van der Waals surface area (Å²) in [4.78, 5) is 11.5. The summed E-state index contributed by atoms with van der Waals surface area (Å²) >= 11 is 16.6. The lowest BCUT2D eigenvalue weighted by Gasteiger charge is -2.35. The minimum Gasteiger partial charge on any atom is -0.346 e. The molecule has 0 saturated heterocycles. The van der Waals surface area contributed by atoms with Crippen molar-refractivity contribution in [1.29, 1.82) is 0 Å². The molecule has 0 aromatic rings. The smallest absolute Gasteiger partial charge is 0.272 e. The Hall–Kier alpha value is 0.0800. The predicted molar refractivity (Wildman–Crippen MR) is 73.5 cm³/mol. The molecule has 1 amide bonds. The lowest BCUT2D eigenvalue weighted by Crippen LogP contribution is -2.43. The summed E-state index contributed by atoms with van der Waals surface area (Å²) in [6.07, 6.45) is 5.97. The number of carbonyl (C=O) groups excluding carboxylic acids is 1. The van der Waals surface area contributed by atoms with E-state index < -0.39 is 9.70 Å². The van der Waals surface area contributed by atoms with E-state index in [1.165, 1.54) is 0 Å². The third-order valence-corrected chi connectivity index (χ3v) is 3.64. The first-order valence-electron chi connectivity index (χ1n) is 5.65. The van der Waals surface area contributed by atoms with Crippen LogP contribution in [-0.2, 0) is 4.79 Å². The van der Waals surface area contributed by atoms with E-state index in [0.717, 1.165) is 12.8 Å². The monoisotopic (exact) mass is 297 g/mol. The van der Waals surface area contributed by atoms with E-state index in [1.807, 2.05) is 6.08 Å². The summed E-state index contributed by atoms with van der Waals surface area (Å²) in [5.41, 5.74) is 0.216. The van der Waals surface area contributed by atoms with Crippen molar-refractivity contribution >= 4 is 40.7 Å². The van der Waals surface area contributed by atoms with Gasteiger partial charge in [-0.1, -0.05) is 67.7 Å². The van der Waals surface area contributed by atoms with Crippen molar-refractivity contribution in [3.05, 3.63) is 12.2 Å². The molecule has 1 aliphatic rings. The zero-order valence-electron chi connectivity index (χ0n) is 10.3. The number of hydrogen-bond acceptors (Lipinski definition) is 1. The molecule has 0 aromatic heterocycles. The molecule has 1 N–H and O–H groups in total. The third-order valence-electron chi connectivity index (χ3n) is 3.13. The zero-order chi connectivity index (χ0) is 13.3. The maximum Gasteiger partial charge on any atom is 0.272 e. The number of amides is 1. The second kappa shape index (κ2) is 5.38. The number of allylic oxidation sites excluding steroid dienone is 1. The van der Waals surface area contributed by atoms with Crippen LogP contribution in [0.4, 0.5) is 0 Å². The Morgan fingerprint density at radius 3 is 2.35 bits per heavy atom. The van der Waals surface area contributed by atoms with Crippen molar-refractivity contribution in [1.82, 2.24) is 5.32 Å². The van der Waals surface area contributed by atoms with Crippen LogP contribution in [0.25, 0.3) is 0 Å². The summed E-state index contributed by atoms with van der Waals surface area (Å²) in [5, 5.41) is 2.74. The van der Waals surface area contributed by atoms with Crippen LogP contribution in [-0.4, -0.2) is 15.7 Å². The molecule has 1 rings (SSSR count). The van der Waals surface area contributed by atoms with Gasteiger partial charge in [0.05, 0.1) is 0 Å². The zero-order valence-corrected chi connectivity index (χ0v) is 12.5. The molecule has 5 heteroatoms. The Bertz CT molecular complexity index is 315. The molecule has 0 spiro atoms. The second-order valence-electron chi connectivity index (χ2n) is 5.54. The summed E-state index contributed by atoms with van der Waals surface area (Å²) < 4.78 is -1.89. The van der Waals surface area contributed by atoms with E-state index in [0.29, 0.717) is 5.92 Å². The van der Waals surface area contributed by atoms with Gasteiger partial charge in [-0.15, -0.1) is 0 Å². The molecule has 0 aliphatic heterocycles.